The lowest BCUT2D eigenvalue weighted by atomic mass is 9.68. The molecule has 3 aromatic rings. The van der Waals surface area contributed by atoms with Gasteiger partial charge in [-0.3, -0.25) is 14.2 Å². The van der Waals surface area contributed by atoms with Gasteiger partial charge in [0.1, 0.15) is 22.8 Å². The first-order valence-corrected chi connectivity index (χ1v) is 17.5. The molecule has 5 rings (SSSR count). The lowest BCUT2D eigenvalue weighted by Crippen LogP contribution is -2.45. The molecule has 244 valence electrons. The number of aromatic nitrogens is 1. The van der Waals surface area contributed by atoms with Crippen molar-refractivity contribution in [2.45, 2.75) is 84.2 Å². The molecule has 1 aliphatic carbocycles. The standard InChI is InChI=1S/C35H47N2O7P/c1-7-10-24-20-30(34-26-19-23(2)14-15-27(26)35(3,4)43-31(34)21-24)42-32(38)13-9-18-41-45(39,40)44-29-12-8-11-28-33(29)25(22-36-28)16-17-37(5)6/h8,11-12,19-22,26-27,36H,7,9-10,13-18H2,1-6H3,(H,39,40). The van der Waals surface area contributed by atoms with Gasteiger partial charge in [0.25, 0.3) is 0 Å². The fourth-order valence-corrected chi connectivity index (χ4v) is 7.45. The first kappa shape index (κ1) is 33.3. The van der Waals surface area contributed by atoms with Crippen LogP contribution >= 0.6 is 7.82 Å². The largest absolute Gasteiger partial charge is 0.527 e. The van der Waals surface area contributed by atoms with Crippen LogP contribution in [0.1, 0.15) is 82.4 Å². The maximum Gasteiger partial charge on any atom is 0.527 e. The number of esters is 1. The van der Waals surface area contributed by atoms with E-state index in [-0.39, 0.29) is 42.6 Å². The first-order valence-electron chi connectivity index (χ1n) is 16.0. The van der Waals surface area contributed by atoms with Gasteiger partial charge >= 0.3 is 13.8 Å². The Morgan fingerprint density at radius 1 is 1.20 bits per heavy atom. The number of nitrogens with zero attached hydrogens (tertiary/aromatic N) is 1. The SMILES string of the molecule is CCCc1cc(OC(=O)CCCOP(=O)(O)Oc2cccc3[nH]cc(CCN(C)C)c23)c2c(c1)OC(C)(C)C1CCC(C)=CC21. The van der Waals surface area contributed by atoms with Gasteiger partial charge in [-0.1, -0.05) is 31.1 Å². The molecule has 0 saturated heterocycles. The van der Waals surface area contributed by atoms with Gasteiger partial charge in [-0.2, -0.15) is 0 Å². The summed E-state index contributed by atoms with van der Waals surface area (Å²) in [5.41, 5.74) is 4.79. The number of hydrogen-bond donors (Lipinski definition) is 2. The first-order chi connectivity index (χ1) is 21.4. The van der Waals surface area contributed by atoms with E-state index in [4.69, 9.17) is 18.5 Å². The number of aryl methyl sites for hydroxylation is 1. The van der Waals surface area contributed by atoms with Crippen LogP contribution < -0.4 is 14.0 Å². The molecule has 0 spiro atoms. The lowest BCUT2D eigenvalue weighted by molar-refractivity contribution is -0.134. The Balaban J connectivity index is 1.23. The Kier molecular flexibility index (Phi) is 10.1. The molecule has 0 amide bonds. The van der Waals surface area contributed by atoms with E-state index < -0.39 is 13.8 Å². The molecule has 0 saturated carbocycles. The number of hydrogen-bond acceptors (Lipinski definition) is 7. The molecule has 1 aromatic heterocycles. The number of nitrogens with one attached hydrogen (secondary N) is 1. The molecule has 9 nitrogen and oxygen atoms in total. The summed E-state index contributed by atoms with van der Waals surface area (Å²) < 4.78 is 36.2. The summed E-state index contributed by atoms with van der Waals surface area (Å²) in [6, 6.07) is 9.37. The summed E-state index contributed by atoms with van der Waals surface area (Å²) in [7, 11) is -0.454. The average Bonchev–Trinajstić information content (AvgIpc) is 3.38. The smallest absolute Gasteiger partial charge is 0.487 e. The van der Waals surface area contributed by atoms with Crippen LogP contribution in [0.2, 0.25) is 0 Å². The molecule has 2 aliphatic rings. The predicted molar refractivity (Wildman–Crippen MR) is 176 cm³/mol. The van der Waals surface area contributed by atoms with Gasteiger partial charge in [0, 0.05) is 47.5 Å². The zero-order valence-electron chi connectivity index (χ0n) is 27.4. The number of benzene rings is 2. The maximum absolute atomic E-state index is 13.1. The monoisotopic (exact) mass is 638 g/mol. The summed E-state index contributed by atoms with van der Waals surface area (Å²) >= 11 is 0. The summed E-state index contributed by atoms with van der Waals surface area (Å²) in [4.78, 5) is 28.9. The van der Waals surface area contributed by atoms with Crippen LogP contribution in [0, 0.1) is 5.92 Å². The minimum absolute atomic E-state index is 0.0180. The van der Waals surface area contributed by atoms with Crippen molar-refractivity contribution in [2.75, 3.05) is 27.2 Å². The van der Waals surface area contributed by atoms with Gasteiger partial charge in [-0.25, -0.2) is 4.57 Å². The zero-order valence-corrected chi connectivity index (χ0v) is 28.2. The van der Waals surface area contributed by atoms with Crippen LogP contribution in [0.5, 0.6) is 17.2 Å². The van der Waals surface area contributed by atoms with Crippen molar-refractivity contribution >= 4 is 24.7 Å². The van der Waals surface area contributed by atoms with Crippen molar-refractivity contribution in [1.29, 1.82) is 0 Å². The molecule has 2 N–H and O–H groups in total. The second-order valence-corrected chi connectivity index (χ2v) is 14.5. The Bertz CT molecular complexity index is 1610. The number of carbonyl (C=O) groups excluding carboxylic acids is 1. The van der Waals surface area contributed by atoms with Crippen LogP contribution in [0.25, 0.3) is 10.9 Å². The summed E-state index contributed by atoms with van der Waals surface area (Å²) in [5, 5.41) is 0.757. The molecule has 1 aliphatic heterocycles. The Morgan fingerprint density at radius 3 is 2.76 bits per heavy atom. The van der Waals surface area contributed by atoms with Crippen LogP contribution in [0.15, 0.2) is 48.2 Å². The van der Waals surface area contributed by atoms with E-state index in [9.17, 15) is 14.3 Å². The van der Waals surface area contributed by atoms with Crippen molar-refractivity contribution in [1.82, 2.24) is 9.88 Å². The van der Waals surface area contributed by atoms with E-state index in [0.717, 1.165) is 72.0 Å². The highest BCUT2D eigenvalue weighted by atomic mass is 31.2. The molecular formula is C35H47N2O7P. The number of aromatic amines is 1. The number of ether oxygens (including phenoxy) is 2. The van der Waals surface area contributed by atoms with Crippen molar-refractivity contribution in [2.24, 2.45) is 5.92 Å². The van der Waals surface area contributed by atoms with E-state index >= 15 is 0 Å². The molecule has 2 aromatic carbocycles. The third kappa shape index (κ3) is 7.83. The maximum atomic E-state index is 13.1. The molecule has 0 bridgehead atoms. The minimum Gasteiger partial charge on any atom is -0.487 e. The highest BCUT2D eigenvalue weighted by Gasteiger charge is 2.45. The molecule has 2 heterocycles. The molecule has 0 radical (unpaired) electrons. The van der Waals surface area contributed by atoms with Crippen molar-refractivity contribution in [3.8, 4) is 17.2 Å². The van der Waals surface area contributed by atoms with Crippen molar-refractivity contribution in [3.63, 3.8) is 0 Å². The van der Waals surface area contributed by atoms with Gasteiger partial charge in [-0.05, 0) is 102 Å². The molecular weight excluding hydrogens is 591 g/mol. The number of fused-ring (bicyclic) bond motifs is 4. The van der Waals surface area contributed by atoms with Crippen LogP contribution in [0.4, 0.5) is 0 Å². The lowest BCUT2D eigenvalue weighted by Gasteiger charge is -2.46. The molecule has 10 heteroatoms. The van der Waals surface area contributed by atoms with E-state index in [2.05, 4.69) is 49.7 Å². The summed E-state index contributed by atoms with van der Waals surface area (Å²) in [5.74, 6) is 1.55. The minimum atomic E-state index is -4.44. The Labute approximate surface area is 266 Å². The molecule has 45 heavy (non-hydrogen) atoms. The van der Waals surface area contributed by atoms with Gasteiger partial charge in [0.15, 0.2) is 0 Å². The number of carbonyl (C=O) groups is 1. The van der Waals surface area contributed by atoms with Crippen LogP contribution in [0.3, 0.4) is 0 Å². The van der Waals surface area contributed by atoms with E-state index in [1.165, 1.54) is 5.57 Å². The van der Waals surface area contributed by atoms with Gasteiger partial charge < -0.3 is 23.9 Å². The zero-order chi connectivity index (χ0) is 32.4. The van der Waals surface area contributed by atoms with Crippen molar-refractivity contribution < 1.29 is 32.8 Å². The van der Waals surface area contributed by atoms with Gasteiger partial charge in [0.05, 0.1) is 6.61 Å². The highest BCUT2D eigenvalue weighted by molar-refractivity contribution is 7.47. The third-order valence-corrected chi connectivity index (χ3v) is 9.78. The van der Waals surface area contributed by atoms with Crippen molar-refractivity contribution in [3.05, 3.63) is 64.9 Å². The predicted octanol–water partition coefficient (Wildman–Crippen LogP) is 7.72. The van der Waals surface area contributed by atoms with Crippen LogP contribution in [-0.2, 0) is 26.7 Å². The van der Waals surface area contributed by atoms with Gasteiger partial charge in [-0.15, -0.1) is 0 Å². The second-order valence-electron chi connectivity index (χ2n) is 13.2. The fraction of sp³-hybridized carbons (Fsp3) is 0.514. The van der Waals surface area contributed by atoms with E-state index in [0.29, 0.717) is 5.75 Å². The number of likely N-dealkylation sites (N-methyl/N-ethyl adjacent to an activating group) is 1. The highest BCUT2D eigenvalue weighted by Crippen LogP contribution is 2.54. The van der Waals surface area contributed by atoms with E-state index in [1.54, 1.807) is 12.1 Å². The Morgan fingerprint density at radius 2 is 2.00 bits per heavy atom. The average molecular weight is 639 g/mol. The molecule has 0 fully saturated rings. The second kappa shape index (κ2) is 13.7. The Hall–Kier alpha value is -3.10. The number of H-pyrrole nitrogens is 1. The number of rotatable bonds is 13. The number of phosphoric acid groups is 1. The number of phosphoric ester groups is 1. The van der Waals surface area contributed by atoms with Gasteiger partial charge in [0.2, 0.25) is 0 Å². The summed E-state index contributed by atoms with van der Waals surface area (Å²) in [6.45, 7) is 9.24. The normalized spacial score (nSPS) is 20.1. The number of allylic oxidation sites excluding steroid dienone is 2. The molecule has 3 unspecified atom stereocenters. The fourth-order valence-electron chi connectivity index (χ4n) is 6.64. The topological polar surface area (TPSA) is 110 Å². The van der Waals surface area contributed by atoms with Crippen LogP contribution in [-0.4, -0.2) is 53.6 Å². The van der Waals surface area contributed by atoms with E-state index in [1.807, 2.05) is 32.4 Å². The molecule has 3 atom stereocenters. The summed E-state index contributed by atoms with van der Waals surface area (Å²) in [6.07, 6.45) is 9.00. The quantitative estimate of drug-likeness (QED) is 0.0644. The third-order valence-electron chi connectivity index (χ3n) is 8.84.